The highest BCUT2D eigenvalue weighted by Crippen LogP contribution is 2.35. The number of fused-ring (bicyclic) bond motifs is 1. The van der Waals surface area contributed by atoms with E-state index in [0.29, 0.717) is 23.0 Å². The van der Waals surface area contributed by atoms with Crippen LogP contribution in [0.15, 0.2) is 61.2 Å². The minimum absolute atomic E-state index is 0.0127. The summed E-state index contributed by atoms with van der Waals surface area (Å²) in [5, 5.41) is 8.43. The number of sulfonamides is 1. The van der Waals surface area contributed by atoms with Gasteiger partial charge in [-0.05, 0) is 25.1 Å². The van der Waals surface area contributed by atoms with Crippen LogP contribution in [-0.4, -0.2) is 55.1 Å². The van der Waals surface area contributed by atoms with Gasteiger partial charge in [0.15, 0.2) is 11.6 Å². The number of aryl methyl sites for hydroxylation is 1. The maximum absolute atomic E-state index is 13.5. The first-order chi connectivity index (χ1) is 18.2. The molecule has 2 atom stereocenters. The normalized spacial score (nSPS) is 13.4. The number of nitrogens with one attached hydrogen (secondary N) is 1. The zero-order valence-electron chi connectivity index (χ0n) is 21.1. The summed E-state index contributed by atoms with van der Waals surface area (Å²) in [4.78, 5) is 12.2. The number of methoxy groups -OCH3 is 1. The smallest absolute Gasteiger partial charge is 0.243 e. The van der Waals surface area contributed by atoms with Crippen LogP contribution in [0.25, 0.3) is 28.0 Å². The average molecular weight is 537 g/mol. The Morgan fingerprint density at radius 3 is 2.50 bits per heavy atom. The fourth-order valence-electron chi connectivity index (χ4n) is 4.23. The van der Waals surface area contributed by atoms with Gasteiger partial charge in [0.1, 0.15) is 5.82 Å². The number of pyridine rings is 1. The number of nitrogens with zero attached hydrogens (tertiary/aromatic N) is 7. The van der Waals surface area contributed by atoms with Gasteiger partial charge in [0.25, 0.3) is 0 Å². The summed E-state index contributed by atoms with van der Waals surface area (Å²) in [7, 11) is -0.639. The molecule has 0 radical (unpaired) electrons. The first-order valence-corrected chi connectivity index (χ1v) is 13.2. The molecule has 4 heterocycles. The van der Waals surface area contributed by atoms with E-state index in [0.717, 1.165) is 23.3 Å². The van der Waals surface area contributed by atoms with Crippen LogP contribution in [0.2, 0.25) is 0 Å². The van der Waals surface area contributed by atoms with Crippen LogP contribution >= 0.6 is 0 Å². The molecule has 0 aliphatic carbocycles. The first-order valence-electron chi connectivity index (χ1n) is 11.7. The van der Waals surface area contributed by atoms with E-state index in [1.165, 1.54) is 14.0 Å². The predicted octanol–water partition coefficient (Wildman–Crippen LogP) is 3.69. The molecule has 0 aliphatic rings. The number of anilines is 1. The van der Waals surface area contributed by atoms with Gasteiger partial charge in [0.2, 0.25) is 21.9 Å². The molecule has 0 unspecified atom stereocenters. The van der Waals surface area contributed by atoms with Crippen molar-refractivity contribution in [1.82, 2.24) is 34.3 Å². The molecule has 1 N–H and O–H groups in total. The Bertz CT molecular complexity index is 1720. The van der Waals surface area contributed by atoms with Gasteiger partial charge in [-0.1, -0.05) is 25.1 Å². The van der Waals surface area contributed by atoms with Crippen LogP contribution < -0.4 is 9.46 Å². The molecule has 0 amide bonds. The van der Waals surface area contributed by atoms with E-state index in [1.807, 2.05) is 42.1 Å². The molecule has 5 aromatic rings. The minimum atomic E-state index is -4.03. The van der Waals surface area contributed by atoms with Crippen molar-refractivity contribution in [3.63, 3.8) is 0 Å². The number of hydrogen-bond donors (Lipinski definition) is 1. The molecule has 196 valence electrons. The molecule has 11 nitrogen and oxygen atoms in total. The van der Waals surface area contributed by atoms with Crippen molar-refractivity contribution in [3.8, 4) is 23.0 Å². The van der Waals surface area contributed by atoms with E-state index in [9.17, 15) is 12.8 Å². The van der Waals surface area contributed by atoms with Crippen LogP contribution in [0.3, 0.4) is 0 Å². The highest BCUT2D eigenvalue weighted by Gasteiger charge is 2.32. The molecule has 0 saturated heterocycles. The van der Waals surface area contributed by atoms with Crippen molar-refractivity contribution >= 4 is 26.9 Å². The summed E-state index contributed by atoms with van der Waals surface area (Å²) in [6, 6.07) is 11.2. The minimum Gasteiger partial charge on any atom is -0.480 e. The van der Waals surface area contributed by atoms with E-state index < -0.39 is 27.0 Å². The van der Waals surface area contributed by atoms with Gasteiger partial charge in [-0.15, -0.1) is 10.2 Å². The fraction of sp³-hybridized carbons (Fsp3) is 0.240. The summed E-state index contributed by atoms with van der Waals surface area (Å²) in [5.41, 5.74) is 2.13. The lowest BCUT2D eigenvalue weighted by Crippen LogP contribution is -2.31. The molecule has 0 fully saturated rings. The third kappa shape index (κ3) is 4.45. The highest BCUT2D eigenvalue weighted by atomic mass is 32.2. The van der Waals surface area contributed by atoms with Gasteiger partial charge >= 0.3 is 0 Å². The zero-order chi connectivity index (χ0) is 27.0. The molecule has 5 rings (SSSR count). The van der Waals surface area contributed by atoms with Crippen LogP contribution in [0.1, 0.15) is 25.6 Å². The summed E-state index contributed by atoms with van der Waals surface area (Å²) in [6.07, 6.45) is 5.48. The Balaban J connectivity index is 1.63. The average Bonchev–Trinajstić information content (AvgIpc) is 3.48. The Kier molecular flexibility index (Phi) is 6.53. The number of ether oxygens (including phenoxy) is 1. The number of aromatic nitrogens is 7. The highest BCUT2D eigenvalue weighted by molar-refractivity contribution is 7.93. The van der Waals surface area contributed by atoms with Gasteiger partial charge in [0, 0.05) is 36.3 Å². The van der Waals surface area contributed by atoms with Gasteiger partial charge in [-0.25, -0.2) is 27.8 Å². The topological polar surface area (TPSA) is 130 Å². The Labute approximate surface area is 218 Å². The third-order valence-corrected chi connectivity index (χ3v) is 8.31. The first kappa shape index (κ1) is 25.3. The molecular weight excluding hydrogens is 511 g/mol. The molecule has 0 spiro atoms. The van der Waals surface area contributed by atoms with Crippen LogP contribution in [0, 0.1) is 5.82 Å². The third-order valence-electron chi connectivity index (χ3n) is 6.46. The SMILES string of the molecule is COc1ncccc1-c1nnc(NS(=O)(=O)[C@@H](C)[C@H](C)c2ncc(F)cn2)n1-c1cn(C)c2ccccc12. The second-order valence-corrected chi connectivity index (χ2v) is 10.8. The van der Waals surface area contributed by atoms with Crippen molar-refractivity contribution in [2.24, 2.45) is 7.05 Å². The number of rotatable bonds is 8. The molecule has 0 bridgehead atoms. The summed E-state index contributed by atoms with van der Waals surface area (Å²) >= 11 is 0. The van der Waals surface area contributed by atoms with Gasteiger partial charge in [0.05, 0.1) is 36.0 Å². The molecule has 0 saturated carbocycles. The lowest BCUT2D eigenvalue weighted by Gasteiger charge is -2.20. The molecule has 1 aromatic carbocycles. The molecule has 13 heteroatoms. The van der Waals surface area contributed by atoms with Crippen LogP contribution in [0.5, 0.6) is 5.88 Å². The number of hydrogen-bond acceptors (Lipinski definition) is 8. The summed E-state index contributed by atoms with van der Waals surface area (Å²) < 4.78 is 52.0. The maximum Gasteiger partial charge on any atom is 0.243 e. The zero-order valence-corrected chi connectivity index (χ0v) is 21.9. The van der Waals surface area contributed by atoms with Crippen molar-refractivity contribution < 1.29 is 17.5 Å². The largest absolute Gasteiger partial charge is 0.480 e. The molecule has 0 aliphatic heterocycles. The van der Waals surface area contributed by atoms with Crippen LogP contribution in [0.4, 0.5) is 10.3 Å². The maximum atomic E-state index is 13.5. The predicted molar refractivity (Wildman–Crippen MR) is 140 cm³/mol. The Morgan fingerprint density at radius 1 is 1.03 bits per heavy atom. The lowest BCUT2D eigenvalue weighted by atomic mass is 10.1. The Morgan fingerprint density at radius 2 is 1.76 bits per heavy atom. The van der Waals surface area contributed by atoms with E-state index >= 15 is 0 Å². The molecule has 38 heavy (non-hydrogen) atoms. The summed E-state index contributed by atoms with van der Waals surface area (Å²) in [6.45, 7) is 3.20. The van der Waals surface area contributed by atoms with Gasteiger partial charge in [-0.3, -0.25) is 9.29 Å². The number of benzene rings is 1. The lowest BCUT2D eigenvalue weighted by molar-refractivity contribution is 0.399. The second kappa shape index (κ2) is 9.82. The van der Waals surface area contributed by atoms with Crippen molar-refractivity contribution in [2.45, 2.75) is 25.0 Å². The molecule has 4 aromatic heterocycles. The number of halogens is 1. The second-order valence-electron chi connectivity index (χ2n) is 8.79. The van der Waals surface area contributed by atoms with Crippen LogP contribution in [-0.2, 0) is 17.1 Å². The van der Waals surface area contributed by atoms with E-state index in [-0.39, 0.29) is 11.8 Å². The van der Waals surface area contributed by atoms with Crippen molar-refractivity contribution in [2.75, 3.05) is 11.8 Å². The van der Waals surface area contributed by atoms with Gasteiger partial charge < -0.3 is 9.30 Å². The van der Waals surface area contributed by atoms with Crippen molar-refractivity contribution in [1.29, 1.82) is 0 Å². The quantitative estimate of drug-likeness (QED) is 0.318. The van der Waals surface area contributed by atoms with E-state index in [1.54, 1.807) is 29.8 Å². The Hall–Kier alpha value is -4.39. The molecular formula is C25H25FN8O3S. The van der Waals surface area contributed by atoms with Crippen molar-refractivity contribution in [3.05, 3.63) is 72.8 Å². The standard InChI is InChI=1S/C25H25FN8O3S/c1-15(22-28-12-17(26)13-29-22)16(2)38(35,36)32-25-31-30-23(19-9-7-11-27-24(19)37-4)34(25)21-14-33(3)20-10-6-5-8-18(20)21/h5-16H,1-4H3,(H,31,32)/t15-,16-/m0/s1. The summed E-state index contributed by atoms with van der Waals surface area (Å²) in [5.74, 6) is -0.393. The van der Waals surface area contributed by atoms with Gasteiger partial charge in [-0.2, -0.15) is 0 Å². The van der Waals surface area contributed by atoms with E-state index in [4.69, 9.17) is 4.74 Å². The van der Waals surface area contributed by atoms with E-state index in [2.05, 4.69) is 29.9 Å². The number of para-hydroxylation sites is 1. The fourth-order valence-corrected chi connectivity index (χ4v) is 5.46. The monoisotopic (exact) mass is 536 g/mol.